The zero-order chi connectivity index (χ0) is 11.5. The highest BCUT2D eigenvalue weighted by Gasteiger charge is 2.29. The molecule has 4 heteroatoms. The van der Waals surface area contributed by atoms with Crippen molar-refractivity contribution >= 4 is 17.7 Å². The van der Waals surface area contributed by atoms with Crippen molar-refractivity contribution in [3.8, 4) is 0 Å². The Labute approximate surface area is 97.0 Å². The predicted molar refractivity (Wildman–Crippen MR) is 66.3 cm³/mol. The van der Waals surface area contributed by atoms with Gasteiger partial charge in [0.15, 0.2) is 0 Å². The van der Waals surface area contributed by atoms with Crippen LogP contribution in [0.15, 0.2) is 0 Å². The molecule has 0 heterocycles. The summed E-state index contributed by atoms with van der Waals surface area (Å²) < 4.78 is 0.207. The van der Waals surface area contributed by atoms with Crippen molar-refractivity contribution in [2.45, 2.75) is 37.5 Å². The van der Waals surface area contributed by atoms with Crippen molar-refractivity contribution < 1.29 is 4.79 Å². The molecule has 0 unspecified atom stereocenters. The van der Waals surface area contributed by atoms with Gasteiger partial charge >= 0.3 is 0 Å². The first kappa shape index (κ1) is 12.8. The Balaban J connectivity index is 2.16. The predicted octanol–water partition coefficient (Wildman–Crippen LogP) is 1.34. The van der Waals surface area contributed by atoms with E-state index < -0.39 is 0 Å². The topological polar surface area (TPSA) is 32.3 Å². The Morgan fingerprint density at radius 2 is 2.13 bits per heavy atom. The first-order chi connectivity index (χ1) is 6.96. The lowest BCUT2D eigenvalue weighted by molar-refractivity contribution is -0.129. The number of carbonyl (C=O) groups is 1. The van der Waals surface area contributed by atoms with Crippen LogP contribution in [0.25, 0.3) is 0 Å². The molecule has 0 spiro atoms. The number of nitrogens with one attached hydrogen (secondary N) is 1. The third kappa shape index (κ3) is 4.43. The Morgan fingerprint density at radius 1 is 1.53 bits per heavy atom. The van der Waals surface area contributed by atoms with Crippen LogP contribution in [-0.4, -0.2) is 48.0 Å². The number of nitrogens with zero attached hydrogens (tertiary/aromatic N) is 1. The minimum absolute atomic E-state index is 0.207. The lowest BCUT2D eigenvalue weighted by atomic mass is 10.2. The SMILES string of the molecule is CSC(C)(C)CNCC(=O)N(C)C1CC1. The van der Waals surface area contributed by atoms with Crippen LogP contribution in [0.2, 0.25) is 0 Å². The summed E-state index contributed by atoms with van der Waals surface area (Å²) in [4.78, 5) is 13.5. The largest absolute Gasteiger partial charge is 0.342 e. The summed E-state index contributed by atoms with van der Waals surface area (Å²) in [7, 11) is 1.90. The van der Waals surface area contributed by atoms with Crippen LogP contribution in [0, 0.1) is 0 Å². The lowest BCUT2D eigenvalue weighted by Crippen LogP contribution is -2.41. The minimum atomic E-state index is 0.207. The number of hydrogen-bond donors (Lipinski definition) is 1. The number of carbonyl (C=O) groups excluding carboxylic acids is 1. The summed E-state index contributed by atoms with van der Waals surface area (Å²) >= 11 is 1.82. The highest BCUT2D eigenvalue weighted by molar-refractivity contribution is 7.99. The van der Waals surface area contributed by atoms with Crippen molar-refractivity contribution in [2.24, 2.45) is 0 Å². The van der Waals surface area contributed by atoms with Gasteiger partial charge in [-0.15, -0.1) is 0 Å². The molecule has 1 aliphatic rings. The van der Waals surface area contributed by atoms with Gasteiger partial charge < -0.3 is 10.2 Å². The van der Waals surface area contributed by atoms with Gasteiger partial charge in [0.05, 0.1) is 6.54 Å². The molecule has 0 atom stereocenters. The summed E-state index contributed by atoms with van der Waals surface area (Å²) in [5.41, 5.74) is 0. The molecular formula is C11H22N2OS. The van der Waals surface area contributed by atoms with Gasteiger partial charge in [0.1, 0.15) is 0 Å². The second-order valence-electron chi connectivity index (χ2n) is 4.80. The lowest BCUT2D eigenvalue weighted by Gasteiger charge is -2.23. The number of amides is 1. The summed E-state index contributed by atoms with van der Waals surface area (Å²) in [5.74, 6) is 0.217. The van der Waals surface area contributed by atoms with E-state index in [-0.39, 0.29) is 10.7 Å². The molecule has 15 heavy (non-hydrogen) atoms. The number of rotatable bonds is 6. The Morgan fingerprint density at radius 3 is 2.60 bits per heavy atom. The van der Waals surface area contributed by atoms with Crippen molar-refractivity contribution in [3.05, 3.63) is 0 Å². The molecule has 1 aliphatic carbocycles. The van der Waals surface area contributed by atoms with Crippen molar-refractivity contribution in [3.63, 3.8) is 0 Å². The second kappa shape index (κ2) is 5.21. The van der Waals surface area contributed by atoms with Crippen molar-refractivity contribution in [1.29, 1.82) is 0 Å². The standard InChI is InChI=1S/C11H22N2OS/c1-11(2,15-4)8-12-7-10(14)13(3)9-5-6-9/h9,12H,5-8H2,1-4H3. The normalized spacial score (nSPS) is 16.5. The number of likely N-dealkylation sites (N-methyl/N-ethyl adjacent to an activating group) is 1. The molecule has 0 radical (unpaired) electrons. The maximum atomic E-state index is 11.7. The Bertz CT molecular complexity index is 227. The van der Waals surface area contributed by atoms with Crippen LogP contribution in [0.5, 0.6) is 0 Å². The van der Waals surface area contributed by atoms with Crippen LogP contribution in [0.1, 0.15) is 26.7 Å². The molecule has 0 bridgehead atoms. The third-order valence-electron chi connectivity index (χ3n) is 2.87. The zero-order valence-electron chi connectivity index (χ0n) is 10.2. The molecule has 0 aromatic rings. The van der Waals surface area contributed by atoms with Gasteiger partial charge in [-0.2, -0.15) is 11.8 Å². The first-order valence-corrected chi connectivity index (χ1v) is 6.70. The molecule has 1 saturated carbocycles. The van der Waals surface area contributed by atoms with E-state index in [1.54, 1.807) is 0 Å². The van der Waals surface area contributed by atoms with E-state index in [2.05, 4.69) is 25.4 Å². The molecule has 1 amide bonds. The van der Waals surface area contributed by atoms with Gasteiger partial charge in [0.25, 0.3) is 0 Å². The molecule has 88 valence electrons. The molecule has 0 aromatic heterocycles. The Kier molecular flexibility index (Phi) is 4.46. The van der Waals surface area contributed by atoms with Gasteiger partial charge in [-0.1, -0.05) is 0 Å². The van der Waals surface area contributed by atoms with E-state index in [0.717, 1.165) is 6.54 Å². The van der Waals surface area contributed by atoms with E-state index in [9.17, 15) is 4.79 Å². The van der Waals surface area contributed by atoms with Crippen LogP contribution in [0.3, 0.4) is 0 Å². The molecule has 1 N–H and O–H groups in total. The minimum Gasteiger partial charge on any atom is -0.342 e. The maximum Gasteiger partial charge on any atom is 0.236 e. The Hall–Kier alpha value is -0.220. The van der Waals surface area contributed by atoms with Gasteiger partial charge in [-0.3, -0.25) is 4.79 Å². The summed E-state index contributed by atoms with van der Waals surface area (Å²) in [5, 5.41) is 3.23. The number of thioether (sulfide) groups is 1. The van der Waals surface area contributed by atoms with Gasteiger partial charge in [0, 0.05) is 24.4 Å². The first-order valence-electron chi connectivity index (χ1n) is 5.48. The molecule has 1 rings (SSSR count). The third-order valence-corrected chi connectivity index (χ3v) is 4.12. The highest BCUT2D eigenvalue weighted by Crippen LogP contribution is 2.25. The summed E-state index contributed by atoms with van der Waals surface area (Å²) in [6, 6.07) is 0.521. The maximum absolute atomic E-state index is 11.7. The summed E-state index contributed by atoms with van der Waals surface area (Å²) in [6.07, 6.45) is 4.46. The molecule has 0 aliphatic heterocycles. The highest BCUT2D eigenvalue weighted by atomic mass is 32.2. The average molecular weight is 230 g/mol. The smallest absolute Gasteiger partial charge is 0.236 e. The van der Waals surface area contributed by atoms with Gasteiger partial charge in [0.2, 0.25) is 5.91 Å². The molecule has 0 aromatic carbocycles. The molecule has 1 fully saturated rings. The van der Waals surface area contributed by atoms with Crippen molar-refractivity contribution in [2.75, 3.05) is 26.4 Å². The van der Waals surface area contributed by atoms with Crippen LogP contribution in [-0.2, 0) is 4.79 Å². The molecular weight excluding hydrogens is 208 g/mol. The fraction of sp³-hybridized carbons (Fsp3) is 0.909. The van der Waals surface area contributed by atoms with Gasteiger partial charge in [-0.05, 0) is 32.9 Å². The van der Waals surface area contributed by atoms with Gasteiger partial charge in [-0.25, -0.2) is 0 Å². The van der Waals surface area contributed by atoms with Crippen LogP contribution >= 0.6 is 11.8 Å². The number of hydrogen-bond acceptors (Lipinski definition) is 3. The van der Waals surface area contributed by atoms with E-state index >= 15 is 0 Å². The summed E-state index contributed by atoms with van der Waals surface area (Å²) in [6.45, 7) is 5.70. The average Bonchev–Trinajstić information content (AvgIpc) is 2.99. The van der Waals surface area contributed by atoms with Crippen LogP contribution in [0.4, 0.5) is 0 Å². The molecule has 3 nitrogen and oxygen atoms in total. The van der Waals surface area contributed by atoms with E-state index in [1.165, 1.54) is 12.8 Å². The van der Waals surface area contributed by atoms with E-state index in [1.807, 2.05) is 23.7 Å². The fourth-order valence-corrected chi connectivity index (χ4v) is 1.58. The van der Waals surface area contributed by atoms with Crippen LogP contribution < -0.4 is 5.32 Å². The van der Waals surface area contributed by atoms with Crippen molar-refractivity contribution in [1.82, 2.24) is 10.2 Å². The van der Waals surface area contributed by atoms with E-state index in [0.29, 0.717) is 12.6 Å². The zero-order valence-corrected chi connectivity index (χ0v) is 11.0. The molecule has 0 saturated heterocycles. The quantitative estimate of drug-likeness (QED) is 0.747. The second-order valence-corrected chi connectivity index (χ2v) is 6.32. The van der Waals surface area contributed by atoms with E-state index in [4.69, 9.17) is 0 Å². The monoisotopic (exact) mass is 230 g/mol. The fourth-order valence-electron chi connectivity index (χ4n) is 1.33.